The largest absolute Gasteiger partial charge is 0.340 e. The highest BCUT2D eigenvalue weighted by Gasteiger charge is 2.24. The molecule has 0 fully saturated rings. The van der Waals surface area contributed by atoms with Gasteiger partial charge in [-0.15, -0.1) is 0 Å². The van der Waals surface area contributed by atoms with Gasteiger partial charge in [0.1, 0.15) is 6.04 Å². The molecular formula is C18H21N3O2. The average Bonchev–Trinajstić information content (AvgIpc) is 2.52. The van der Waals surface area contributed by atoms with Gasteiger partial charge in [0.05, 0.1) is 0 Å². The number of amides is 2. The lowest BCUT2D eigenvalue weighted by Crippen LogP contribution is -2.47. The maximum absolute atomic E-state index is 12.4. The highest BCUT2D eigenvalue weighted by atomic mass is 16.2. The SMILES string of the molecule is Cc1cccc(C(=O)N[C@@H](C(=O)Nc2ccncc2)C(C)C)c1. The summed E-state index contributed by atoms with van der Waals surface area (Å²) in [5, 5.41) is 5.61. The highest BCUT2D eigenvalue weighted by Crippen LogP contribution is 2.10. The van der Waals surface area contributed by atoms with E-state index in [2.05, 4.69) is 15.6 Å². The quantitative estimate of drug-likeness (QED) is 0.892. The van der Waals surface area contributed by atoms with Gasteiger partial charge in [0.15, 0.2) is 0 Å². The summed E-state index contributed by atoms with van der Waals surface area (Å²) in [4.78, 5) is 28.7. The lowest BCUT2D eigenvalue weighted by Gasteiger charge is -2.21. The molecule has 2 amide bonds. The van der Waals surface area contributed by atoms with Crippen LogP contribution in [-0.4, -0.2) is 22.8 Å². The first-order valence-electron chi connectivity index (χ1n) is 7.56. The molecule has 0 spiro atoms. The minimum atomic E-state index is -0.615. The van der Waals surface area contributed by atoms with Crippen molar-refractivity contribution in [1.82, 2.24) is 10.3 Å². The van der Waals surface area contributed by atoms with Gasteiger partial charge in [-0.3, -0.25) is 14.6 Å². The van der Waals surface area contributed by atoms with Crippen LogP contribution >= 0.6 is 0 Å². The molecule has 0 aliphatic carbocycles. The maximum Gasteiger partial charge on any atom is 0.251 e. The van der Waals surface area contributed by atoms with Gasteiger partial charge in [-0.05, 0) is 37.1 Å². The second kappa shape index (κ2) is 7.54. The Morgan fingerprint density at radius 1 is 1.09 bits per heavy atom. The average molecular weight is 311 g/mol. The number of rotatable bonds is 5. The first-order valence-corrected chi connectivity index (χ1v) is 7.56. The van der Waals surface area contributed by atoms with Crippen molar-refractivity contribution in [2.24, 2.45) is 5.92 Å². The van der Waals surface area contributed by atoms with Crippen LogP contribution in [0.15, 0.2) is 48.8 Å². The number of pyridine rings is 1. The molecule has 5 heteroatoms. The minimum Gasteiger partial charge on any atom is -0.340 e. The number of nitrogens with zero attached hydrogens (tertiary/aromatic N) is 1. The zero-order valence-corrected chi connectivity index (χ0v) is 13.5. The molecule has 0 saturated carbocycles. The van der Waals surface area contributed by atoms with Gasteiger partial charge < -0.3 is 10.6 Å². The molecular weight excluding hydrogens is 290 g/mol. The molecule has 2 aromatic rings. The van der Waals surface area contributed by atoms with E-state index in [-0.39, 0.29) is 17.7 Å². The summed E-state index contributed by atoms with van der Waals surface area (Å²) in [5.41, 5.74) is 2.20. The molecule has 5 nitrogen and oxygen atoms in total. The molecule has 0 saturated heterocycles. The molecule has 1 atom stereocenters. The third kappa shape index (κ3) is 4.64. The van der Waals surface area contributed by atoms with Gasteiger partial charge in [0.2, 0.25) is 5.91 Å². The van der Waals surface area contributed by atoms with Crippen molar-refractivity contribution < 1.29 is 9.59 Å². The van der Waals surface area contributed by atoms with Gasteiger partial charge >= 0.3 is 0 Å². The van der Waals surface area contributed by atoms with E-state index in [1.165, 1.54) is 0 Å². The normalized spacial score (nSPS) is 11.8. The predicted molar refractivity (Wildman–Crippen MR) is 90.1 cm³/mol. The Hall–Kier alpha value is -2.69. The van der Waals surface area contributed by atoms with Crippen LogP contribution in [0.5, 0.6) is 0 Å². The monoisotopic (exact) mass is 311 g/mol. The number of aromatic nitrogens is 1. The number of nitrogens with one attached hydrogen (secondary N) is 2. The molecule has 1 aromatic carbocycles. The number of benzene rings is 1. The fourth-order valence-corrected chi connectivity index (χ4v) is 2.20. The van der Waals surface area contributed by atoms with Crippen LogP contribution in [0, 0.1) is 12.8 Å². The first kappa shape index (κ1) is 16.7. The number of carbonyl (C=O) groups excluding carboxylic acids is 2. The van der Waals surface area contributed by atoms with Crippen LogP contribution < -0.4 is 10.6 Å². The molecule has 2 N–H and O–H groups in total. The van der Waals surface area contributed by atoms with Crippen LogP contribution in [0.2, 0.25) is 0 Å². The molecule has 1 heterocycles. The highest BCUT2D eigenvalue weighted by molar-refractivity contribution is 6.01. The Bertz CT molecular complexity index is 684. The van der Waals surface area contributed by atoms with Crippen molar-refractivity contribution in [2.75, 3.05) is 5.32 Å². The zero-order chi connectivity index (χ0) is 16.8. The Labute approximate surface area is 136 Å². The summed E-state index contributed by atoms with van der Waals surface area (Å²) in [6.07, 6.45) is 3.21. The van der Waals surface area contributed by atoms with E-state index in [9.17, 15) is 9.59 Å². The lowest BCUT2D eigenvalue weighted by molar-refractivity contribution is -0.118. The topological polar surface area (TPSA) is 71.1 Å². The van der Waals surface area contributed by atoms with Gasteiger partial charge in [0.25, 0.3) is 5.91 Å². The third-order valence-electron chi connectivity index (χ3n) is 3.46. The van der Waals surface area contributed by atoms with Crippen LogP contribution in [0.3, 0.4) is 0 Å². The number of hydrogen-bond acceptors (Lipinski definition) is 3. The fraction of sp³-hybridized carbons (Fsp3) is 0.278. The Kier molecular flexibility index (Phi) is 5.46. The number of aryl methyl sites for hydroxylation is 1. The summed E-state index contributed by atoms with van der Waals surface area (Å²) in [6, 6.07) is 10.1. The van der Waals surface area contributed by atoms with Crippen molar-refractivity contribution in [3.8, 4) is 0 Å². The molecule has 0 aliphatic heterocycles. The Balaban J connectivity index is 2.09. The molecule has 120 valence electrons. The molecule has 0 radical (unpaired) electrons. The number of hydrogen-bond donors (Lipinski definition) is 2. The smallest absolute Gasteiger partial charge is 0.251 e. The van der Waals surface area contributed by atoms with Crippen molar-refractivity contribution in [1.29, 1.82) is 0 Å². The molecule has 23 heavy (non-hydrogen) atoms. The van der Waals surface area contributed by atoms with E-state index in [0.29, 0.717) is 11.3 Å². The molecule has 0 bridgehead atoms. The summed E-state index contributed by atoms with van der Waals surface area (Å²) in [6.45, 7) is 5.72. The lowest BCUT2D eigenvalue weighted by atomic mass is 10.0. The van der Waals surface area contributed by atoms with Gasteiger partial charge in [-0.1, -0.05) is 31.5 Å². The van der Waals surface area contributed by atoms with Gasteiger partial charge in [0, 0.05) is 23.6 Å². The zero-order valence-electron chi connectivity index (χ0n) is 13.5. The van der Waals surface area contributed by atoms with E-state index in [4.69, 9.17) is 0 Å². The van der Waals surface area contributed by atoms with Crippen LogP contribution in [-0.2, 0) is 4.79 Å². The first-order chi connectivity index (χ1) is 11.0. The molecule has 0 unspecified atom stereocenters. The van der Waals surface area contributed by atoms with E-state index in [1.807, 2.05) is 32.9 Å². The number of anilines is 1. The standard InChI is InChI=1S/C18H21N3O2/c1-12(2)16(18(23)20-15-7-9-19-10-8-15)21-17(22)14-6-4-5-13(3)11-14/h4-12,16H,1-3H3,(H,21,22)(H,19,20,23)/t16-/m1/s1. The predicted octanol–water partition coefficient (Wildman–Crippen LogP) is 2.78. The van der Waals surface area contributed by atoms with Gasteiger partial charge in [-0.25, -0.2) is 0 Å². The maximum atomic E-state index is 12.4. The van der Waals surface area contributed by atoms with Crippen LogP contribution in [0.25, 0.3) is 0 Å². The van der Waals surface area contributed by atoms with Crippen molar-refractivity contribution in [2.45, 2.75) is 26.8 Å². The second-order valence-electron chi connectivity index (χ2n) is 5.79. The second-order valence-corrected chi connectivity index (χ2v) is 5.79. The van der Waals surface area contributed by atoms with E-state index >= 15 is 0 Å². The Morgan fingerprint density at radius 2 is 1.78 bits per heavy atom. The summed E-state index contributed by atoms with van der Waals surface area (Å²) >= 11 is 0. The minimum absolute atomic E-state index is 0.0365. The van der Waals surface area contributed by atoms with Crippen molar-refractivity contribution >= 4 is 17.5 Å². The number of carbonyl (C=O) groups is 2. The van der Waals surface area contributed by atoms with Crippen molar-refractivity contribution in [3.63, 3.8) is 0 Å². The fourth-order valence-electron chi connectivity index (χ4n) is 2.20. The van der Waals surface area contributed by atoms with Crippen LogP contribution in [0.4, 0.5) is 5.69 Å². The molecule has 1 aromatic heterocycles. The third-order valence-corrected chi connectivity index (χ3v) is 3.46. The summed E-state index contributed by atoms with van der Waals surface area (Å²) < 4.78 is 0. The van der Waals surface area contributed by atoms with E-state index in [0.717, 1.165) is 5.56 Å². The van der Waals surface area contributed by atoms with E-state index in [1.54, 1.807) is 36.7 Å². The van der Waals surface area contributed by atoms with Crippen LogP contribution in [0.1, 0.15) is 29.8 Å². The van der Waals surface area contributed by atoms with Crippen molar-refractivity contribution in [3.05, 3.63) is 59.9 Å². The summed E-state index contributed by atoms with van der Waals surface area (Å²) in [7, 11) is 0. The molecule has 0 aliphatic rings. The molecule has 2 rings (SSSR count). The van der Waals surface area contributed by atoms with Gasteiger partial charge in [-0.2, -0.15) is 0 Å². The Morgan fingerprint density at radius 3 is 2.39 bits per heavy atom. The van der Waals surface area contributed by atoms with E-state index < -0.39 is 6.04 Å². The summed E-state index contributed by atoms with van der Waals surface area (Å²) in [5.74, 6) is -0.532.